The summed E-state index contributed by atoms with van der Waals surface area (Å²) in [7, 11) is 0. The molecule has 0 aliphatic carbocycles. The van der Waals surface area contributed by atoms with E-state index in [2.05, 4.69) is 6.92 Å². The molecule has 12 heavy (non-hydrogen) atoms. The number of nitrogens with two attached hydrogens (primary N) is 1. The Morgan fingerprint density at radius 3 is 2.83 bits per heavy atom. The van der Waals surface area contributed by atoms with Gasteiger partial charge in [-0.2, -0.15) is 0 Å². The van der Waals surface area contributed by atoms with Gasteiger partial charge in [0.2, 0.25) is 0 Å². The van der Waals surface area contributed by atoms with Crippen LogP contribution in [0, 0.1) is 5.92 Å². The first-order chi connectivity index (χ1) is 5.66. The average Bonchev–Trinajstić information content (AvgIpc) is 2.03. The standard InChI is InChI=1S/C8H16N2O2/c1-6-3-2-4-10(8(11)12)7(6)5-9/h6-7H,2-5,9H2,1H3,(H,11,12). The van der Waals surface area contributed by atoms with Crippen LogP contribution in [0.15, 0.2) is 0 Å². The van der Waals surface area contributed by atoms with Gasteiger partial charge in [-0.25, -0.2) is 4.79 Å². The highest BCUT2D eigenvalue weighted by atomic mass is 16.4. The smallest absolute Gasteiger partial charge is 0.407 e. The molecule has 0 saturated carbocycles. The summed E-state index contributed by atoms with van der Waals surface area (Å²) >= 11 is 0. The van der Waals surface area contributed by atoms with Gasteiger partial charge < -0.3 is 15.7 Å². The molecule has 3 N–H and O–H groups in total. The van der Waals surface area contributed by atoms with E-state index in [1.54, 1.807) is 0 Å². The van der Waals surface area contributed by atoms with Crippen molar-refractivity contribution in [2.24, 2.45) is 11.7 Å². The predicted octanol–water partition coefficient (Wildman–Crippen LogP) is 0.724. The number of hydrogen-bond donors (Lipinski definition) is 2. The van der Waals surface area contributed by atoms with E-state index in [9.17, 15) is 4.79 Å². The Bertz CT molecular complexity index is 172. The number of carbonyl (C=O) groups is 1. The maximum atomic E-state index is 10.7. The van der Waals surface area contributed by atoms with Crippen LogP contribution in [-0.4, -0.2) is 35.2 Å². The van der Waals surface area contributed by atoms with E-state index in [-0.39, 0.29) is 6.04 Å². The summed E-state index contributed by atoms with van der Waals surface area (Å²) in [5, 5.41) is 8.83. The minimum Gasteiger partial charge on any atom is -0.465 e. The van der Waals surface area contributed by atoms with Crippen LogP contribution in [0.3, 0.4) is 0 Å². The predicted molar refractivity (Wildman–Crippen MR) is 46.0 cm³/mol. The highest BCUT2D eigenvalue weighted by molar-refractivity contribution is 5.65. The Hall–Kier alpha value is -0.770. The molecule has 1 aliphatic heterocycles. The van der Waals surface area contributed by atoms with Gasteiger partial charge in [-0.05, 0) is 18.8 Å². The number of likely N-dealkylation sites (tertiary alicyclic amines) is 1. The highest BCUT2D eigenvalue weighted by Crippen LogP contribution is 2.22. The minimum absolute atomic E-state index is 0.0243. The van der Waals surface area contributed by atoms with E-state index < -0.39 is 6.09 Å². The lowest BCUT2D eigenvalue weighted by atomic mass is 9.91. The van der Waals surface area contributed by atoms with E-state index in [0.717, 1.165) is 12.8 Å². The molecule has 0 aromatic rings. The molecular weight excluding hydrogens is 156 g/mol. The molecule has 70 valence electrons. The Morgan fingerprint density at radius 1 is 1.75 bits per heavy atom. The maximum Gasteiger partial charge on any atom is 0.407 e. The molecule has 1 amide bonds. The lowest BCUT2D eigenvalue weighted by Crippen LogP contribution is -2.50. The first kappa shape index (κ1) is 9.32. The fourth-order valence-corrected chi connectivity index (χ4v) is 1.85. The van der Waals surface area contributed by atoms with Gasteiger partial charge in [-0.3, -0.25) is 0 Å². The molecule has 1 fully saturated rings. The molecule has 2 unspecified atom stereocenters. The molecule has 2 atom stereocenters. The molecule has 1 rings (SSSR count). The Kier molecular flexibility index (Phi) is 2.92. The zero-order valence-corrected chi connectivity index (χ0v) is 7.36. The fraction of sp³-hybridized carbons (Fsp3) is 0.875. The summed E-state index contributed by atoms with van der Waals surface area (Å²) in [6.07, 6.45) is 1.22. The van der Waals surface area contributed by atoms with Crippen LogP contribution < -0.4 is 5.73 Å². The zero-order chi connectivity index (χ0) is 9.14. The molecule has 4 nitrogen and oxygen atoms in total. The molecule has 1 aliphatic rings. The Morgan fingerprint density at radius 2 is 2.42 bits per heavy atom. The van der Waals surface area contributed by atoms with Crippen LogP contribution >= 0.6 is 0 Å². The minimum atomic E-state index is -0.836. The molecule has 1 saturated heterocycles. The number of nitrogens with zero attached hydrogens (tertiary/aromatic N) is 1. The van der Waals surface area contributed by atoms with Crippen molar-refractivity contribution < 1.29 is 9.90 Å². The van der Waals surface area contributed by atoms with Crippen molar-refractivity contribution in [2.75, 3.05) is 13.1 Å². The summed E-state index contributed by atoms with van der Waals surface area (Å²) in [5.41, 5.74) is 5.52. The van der Waals surface area contributed by atoms with Crippen LogP contribution in [0.1, 0.15) is 19.8 Å². The highest BCUT2D eigenvalue weighted by Gasteiger charge is 2.30. The summed E-state index contributed by atoms with van der Waals surface area (Å²) < 4.78 is 0. The number of carboxylic acid groups (broad SMARTS) is 1. The fourth-order valence-electron chi connectivity index (χ4n) is 1.85. The van der Waals surface area contributed by atoms with Crippen molar-refractivity contribution in [3.63, 3.8) is 0 Å². The maximum absolute atomic E-state index is 10.7. The Labute approximate surface area is 72.3 Å². The summed E-state index contributed by atoms with van der Waals surface area (Å²) in [5.74, 6) is 0.403. The largest absolute Gasteiger partial charge is 0.465 e. The topological polar surface area (TPSA) is 66.6 Å². The number of amides is 1. The first-order valence-electron chi connectivity index (χ1n) is 4.36. The normalized spacial score (nSPS) is 30.3. The van der Waals surface area contributed by atoms with Gasteiger partial charge in [0.25, 0.3) is 0 Å². The summed E-state index contributed by atoms with van der Waals surface area (Å²) in [4.78, 5) is 12.2. The number of hydrogen-bond acceptors (Lipinski definition) is 2. The monoisotopic (exact) mass is 172 g/mol. The van der Waals surface area contributed by atoms with E-state index >= 15 is 0 Å². The quantitative estimate of drug-likeness (QED) is 0.612. The summed E-state index contributed by atoms with van der Waals surface area (Å²) in [6, 6.07) is 0.0243. The second-order valence-electron chi connectivity index (χ2n) is 3.40. The molecule has 1 heterocycles. The van der Waals surface area contributed by atoms with Crippen LogP contribution in [0.25, 0.3) is 0 Å². The van der Waals surface area contributed by atoms with Gasteiger partial charge in [0.05, 0.1) is 0 Å². The van der Waals surface area contributed by atoms with E-state index in [1.165, 1.54) is 4.90 Å². The van der Waals surface area contributed by atoms with Gasteiger partial charge in [-0.15, -0.1) is 0 Å². The second kappa shape index (κ2) is 3.76. The van der Waals surface area contributed by atoms with Crippen molar-refractivity contribution in [1.29, 1.82) is 0 Å². The molecule has 4 heteroatoms. The molecule has 0 bridgehead atoms. The van der Waals surface area contributed by atoms with E-state index in [0.29, 0.717) is 19.0 Å². The van der Waals surface area contributed by atoms with Crippen LogP contribution in [-0.2, 0) is 0 Å². The van der Waals surface area contributed by atoms with Crippen LogP contribution in [0.2, 0.25) is 0 Å². The van der Waals surface area contributed by atoms with E-state index in [1.807, 2.05) is 0 Å². The Balaban J connectivity index is 2.64. The van der Waals surface area contributed by atoms with Crippen LogP contribution in [0.5, 0.6) is 0 Å². The molecular formula is C8H16N2O2. The first-order valence-corrected chi connectivity index (χ1v) is 4.36. The van der Waals surface area contributed by atoms with Crippen molar-refractivity contribution >= 4 is 6.09 Å². The summed E-state index contributed by atoms with van der Waals surface area (Å²) in [6.45, 7) is 3.14. The van der Waals surface area contributed by atoms with Crippen molar-refractivity contribution in [3.8, 4) is 0 Å². The van der Waals surface area contributed by atoms with Gasteiger partial charge in [0.15, 0.2) is 0 Å². The van der Waals surface area contributed by atoms with Gasteiger partial charge in [-0.1, -0.05) is 6.92 Å². The average molecular weight is 172 g/mol. The third kappa shape index (κ3) is 1.69. The SMILES string of the molecule is CC1CCCN(C(=O)O)C1CN. The third-order valence-corrected chi connectivity index (χ3v) is 2.60. The van der Waals surface area contributed by atoms with Gasteiger partial charge in [0, 0.05) is 19.1 Å². The lowest BCUT2D eigenvalue weighted by Gasteiger charge is -2.37. The van der Waals surface area contributed by atoms with Gasteiger partial charge in [0.1, 0.15) is 0 Å². The number of rotatable bonds is 1. The second-order valence-corrected chi connectivity index (χ2v) is 3.40. The third-order valence-electron chi connectivity index (χ3n) is 2.60. The zero-order valence-electron chi connectivity index (χ0n) is 7.36. The molecule has 0 spiro atoms. The van der Waals surface area contributed by atoms with Crippen molar-refractivity contribution in [3.05, 3.63) is 0 Å². The van der Waals surface area contributed by atoms with Crippen molar-refractivity contribution in [2.45, 2.75) is 25.8 Å². The lowest BCUT2D eigenvalue weighted by molar-refractivity contribution is 0.0865. The van der Waals surface area contributed by atoms with Crippen molar-refractivity contribution in [1.82, 2.24) is 4.90 Å². The van der Waals surface area contributed by atoms with Gasteiger partial charge >= 0.3 is 6.09 Å². The number of piperidine rings is 1. The van der Waals surface area contributed by atoms with Crippen LogP contribution in [0.4, 0.5) is 4.79 Å². The molecule has 0 radical (unpaired) electrons. The molecule has 0 aromatic heterocycles. The van der Waals surface area contributed by atoms with E-state index in [4.69, 9.17) is 10.8 Å². The molecule has 0 aromatic carbocycles.